The molecule has 100 valence electrons. The van der Waals surface area contributed by atoms with Crippen molar-refractivity contribution in [2.75, 3.05) is 6.26 Å². The summed E-state index contributed by atoms with van der Waals surface area (Å²) in [6.45, 7) is 3.41. The van der Waals surface area contributed by atoms with Gasteiger partial charge in [-0.15, -0.1) is 11.8 Å². The van der Waals surface area contributed by atoms with Crippen LogP contribution in [0.4, 0.5) is 0 Å². The highest BCUT2D eigenvalue weighted by atomic mass is 32.2. The van der Waals surface area contributed by atoms with Gasteiger partial charge >= 0.3 is 0 Å². The average molecular weight is 263 g/mol. The zero-order chi connectivity index (χ0) is 12.8. The predicted octanol–water partition coefficient (Wildman–Crippen LogP) is 4.47. The summed E-state index contributed by atoms with van der Waals surface area (Å²) in [7, 11) is 0. The molecular weight excluding hydrogens is 238 g/mol. The Balaban J connectivity index is 1.79. The first-order valence-electron chi connectivity index (χ1n) is 7.14. The lowest BCUT2D eigenvalue weighted by atomic mass is 10.0. The van der Waals surface area contributed by atoms with Crippen molar-refractivity contribution in [2.45, 2.75) is 56.5 Å². The Morgan fingerprint density at radius 3 is 2.61 bits per heavy atom. The third kappa shape index (κ3) is 4.33. The second-order valence-corrected chi connectivity index (χ2v) is 6.42. The van der Waals surface area contributed by atoms with E-state index in [1.807, 2.05) is 0 Å². The number of thioether (sulfide) groups is 1. The summed E-state index contributed by atoms with van der Waals surface area (Å²) in [5.41, 5.74) is 1.41. The topological polar surface area (TPSA) is 12.0 Å². The van der Waals surface area contributed by atoms with Gasteiger partial charge in [-0.25, -0.2) is 0 Å². The van der Waals surface area contributed by atoms with Gasteiger partial charge in [-0.2, -0.15) is 0 Å². The fraction of sp³-hybridized carbons (Fsp3) is 0.625. The van der Waals surface area contributed by atoms with E-state index in [1.165, 1.54) is 42.6 Å². The maximum atomic E-state index is 3.73. The molecule has 1 N–H and O–H groups in total. The van der Waals surface area contributed by atoms with Crippen LogP contribution in [0.2, 0.25) is 0 Å². The van der Waals surface area contributed by atoms with Gasteiger partial charge in [-0.1, -0.05) is 31.9 Å². The van der Waals surface area contributed by atoms with Crippen molar-refractivity contribution in [1.29, 1.82) is 0 Å². The minimum atomic E-state index is 0.732. The van der Waals surface area contributed by atoms with Crippen molar-refractivity contribution in [3.63, 3.8) is 0 Å². The van der Waals surface area contributed by atoms with Gasteiger partial charge in [0.1, 0.15) is 0 Å². The first kappa shape index (κ1) is 14.0. The molecule has 0 heterocycles. The van der Waals surface area contributed by atoms with E-state index < -0.39 is 0 Å². The van der Waals surface area contributed by atoms with Crippen molar-refractivity contribution in [1.82, 2.24) is 5.32 Å². The van der Waals surface area contributed by atoms with Gasteiger partial charge < -0.3 is 5.32 Å². The van der Waals surface area contributed by atoms with Crippen LogP contribution in [0.15, 0.2) is 29.2 Å². The highest BCUT2D eigenvalue weighted by Crippen LogP contribution is 2.23. The Kier molecular flexibility index (Phi) is 5.58. The maximum Gasteiger partial charge on any atom is 0.0208 e. The molecule has 1 aliphatic carbocycles. The van der Waals surface area contributed by atoms with Gasteiger partial charge in [-0.05, 0) is 49.1 Å². The first-order valence-corrected chi connectivity index (χ1v) is 8.36. The van der Waals surface area contributed by atoms with Gasteiger partial charge in [0.25, 0.3) is 0 Å². The van der Waals surface area contributed by atoms with Crippen LogP contribution < -0.4 is 5.32 Å². The standard InChI is InChI=1S/C16H25NS/c1-13-4-3-5-15(9-6-13)17-12-14-7-10-16(18-2)11-8-14/h7-8,10-11,13,15,17H,3-6,9,12H2,1-2H3. The summed E-state index contributed by atoms with van der Waals surface area (Å²) in [6, 6.07) is 9.67. The fourth-order valence-corrected chi connectivity index (χ4v) is 3.11. The van der Waals surface area contributed by atoms with Crippen LogP contribution in [0, 0.1) is 5.92 Å². The molecule has 1 aliphatic rings. The van der Waals surface area contributed by atoms with E-state index in [1.54, 1.807) is 11.8 Å². The molecule has 1 aromatic rings. The molecule has 0 aromatic heterocycles. The Bertz CT molecular complexity index is 347. The molecule has 0 amide bonds. The van der Waals surface area contributed by atoms with E-state index >= 15 is 0 Å². The minimum absolute atomic E-state index is 0.732. The SMILES string of the molecule is CSc1ccc(CNC2CCCC(C)CC2)cc1. The summed E-state index contributed by atoms with van der Waals surface area (Å²) in [5, 5.41) is 3.73. The molecule has 0 spiro atoms. The van der Waals surface area contributed by atoms with Gasteiger partial charge in [0.15, 0.2) is 0 Å². The predicted molar refractivity (Wildman–Crippen MR) is 81.1 cm³/mol. The number of hydrogen-bond donors (Lipinski definition) is 1. The molecule has 0 radical (unpaired) electrons. The normalized spacial score (nSPS) is 24.8. The van der Waals surface area contributed by atoms with E-state index in [-0.39, 0.29) is 0 Å². The first-order chi connectivity index (χ1) is 8.78. The van der Waals surface area contributed by atoms with Gasteiger partial charge in [0.05, 0.1) is 0 Å². The lowest BCUT2D eigenvalue weighted by Gasteiger charge is -2.16. The molecule has 2 unspecified atom stereocenters. The molecule has 2 atom stereocenters. The van der Waals surface area contributed by atoms with Crippen LogP contribution in [0.1, 0.15) is 44.6 Å². The lowest BCUT2D eigenvalue weighted by Crippen LogP contribution is -2.27. The number of benzene rings is 1. The van der Waals surface area contributed by atoms with Crippen molar-refractivity contribution in [3.05, 3.63) is 29.8 Å². The van der Waals surface area contributed by atoms with E-state index in [9.17, 15) is 0 Å². The summed E-state index contributed by atoms with van der Waals surface area (Å²) in [6.07, 6.45) is 9.03. The zero-order valence-electron chi connectivity index (χ0n) is 11.6. The average Bonchev–Trinajstić information content (AvgIpc) is 2.62. The maximum absolute atomic E-state index is 3.73. The van der Waals surface area contributed by atoms with Crippen molar-refractivity contribution in [3.8, 4) is 0 Å². The highest BCUT2D eigenvalue weighted by molar-refractivity contribution is 7.98. The van der Waals surface area contributed by atoms with Gasteiger partial charge in [-0.3, -0.25) is 0 Å². The fourth-order valence-electron chi connectivity index (χ4n) is 2.70. The number of nitrogens with one attached hydrogen (secondary N) is 1. The molecule has 1 saturated carbocycles. The molecular formula is C16H25NS. The Labute approximate surface area is 116 Å². The molecule has 1 fully saturated rings. The highest BCUT2D eigenvalue weighted by Gasteiger charge is 2.15. The van der Waals surface area contributed by atoms with Crippen LogP contribution in [0.5, 0.6) is 0 Å². The third-order valence-electron chi connectivity index (χ3n) is 4.01. The van der Waals surface area contributed by atoms with E-state index in [0.29, 0.717) is 0 Å². The van der Waals surface area contributed by atoms with Crippen molar-refractivity contribution in [2.24, 2.45) is 5.92 Å². The monoisotopic (exact) mass is 263 g/mol. The van der Waals surface area contributed by atoms with Crippen LogP contribution in [-0.4, -0.2) is 12.3 Å². The van der Waals surface area contributed by atoms with Crippen LogP contribution in [0.3, 0.4) is 0 Å². The van der Waals surface area contributed by atoms with Gasteiger partial charge in [0.2, 0.25) is 0 Å². The number of hydrogen-bond acceptors (Lipinski definition) is 2. The second-order valence-electron chi connectivity index (χ2n) is 5.54. The summed E-state index contributed by atoms with van der Waals surface area (Å²) in [4.78, 5) is 1.35. The molecule has 0 saturated heterocycles. The molecule has 1 nitrogen and oxygen atoms in total. The summed E-state index contributed by atoms with van der Waals surface area (Å²) >= 11 is 1.81. The van der Waals surface area contributed by atoms with Crippen molar-refractivity contribution < 1.29 is 0 Å². The summed E-state index contributed by atoms with van der Waals surface area (Å²) < 4.78 is 0. The Hall–Kier alpha value is -0.470. The molecule has 2 heteroatoms. The molecule has 18 heavy (non-hydrogen) atoms. The smallest absolute Gasteiger partial charge is 0.0208 e. The molecule has 2 rings (SSSR count). The van der Waals surface area contributed by atoms with E-state index in [0.717, 1.165) is 18.5 Å². The van der Waals surface area contributed by atoms with Crippen LogP contribution in [0.25, 0.3) is 0 Å². The van der Waals surface area contributed by atoms with Crippen LogP contribution in [-0.2, 0) is 6.54 Å². The second kappa shape index (κ2) is 7.20. The minimum Gasteiger partial charge on any atom is -0.310 e. The third-order valence-corrected chi connectivity index (χ3v) is 4.75. The zero-order valence-corrected chi connectivity index (χ0v) is 12.4. The Morgan fingerprint density at radius 2 is 1.89 bits per heavy atom. The quantitative estimate of drug-likeness (QED) is 0.635. The van der Waals surface area contributed by atoms with E-state index in [4.69, 9.17) is 0 Å². The molecule has 0 bridgehead atoms. The molecule has 0 aliphatic heterocycles. The van der Waals surface area contributed by atoms with Gasteiger partial charge in [0, 0.05) is 17.5 Å². The van der Waals surface area contributed by atoms with E-state index in [2.05, 4.69) is 42.8 Å². The van der Waals surface area contributed by atoms with Crippen molar-refractivity contribution >= 4 is 11.8 Å². The summed E-state index contributed by atoms with van der Waals surface area (Å²) in [5.74, 6) is 0.928. The lowest BCUT2D eigenvalue weighted by molar-refractivity contribution is 0.447. The number of rotatable bonds is 4. The Morgan fingerprint density at radius 1 is 1.11 bits per heavy atom. The van der Waals surface area contributed by atoms with Crippen LogP contribution >= 0.6 is 11.8 Å². The largest absolute Gasteiger partial charge is 0.310 e. The molecule has 1 aromatic carbocycles.